The number of halogens is 3. The molecule has 84 valence electrons. The first-order valence-corrected chi connectivity index (χ1v) is 3.84. The summed E-state index contributed by atoms with van der Waals surface area (Å²) in [4.78, 5) is 10.5. The van der Waals surface area contributed by atoms with Gasteiger partial charge in [-0.25, -0.2) is 4.79 Å². The number of carbonyl (C=O) groups is 1. The van der Waals surface area contributed by atoms with Gasteiger partial charge in [0.25, 0.3) is 0 Å². The van der Waals surface area contributed by atoms with Crippen LogP contribution in [0.15, 0.2) is 16.7 Å². The molecule has 4 nitrogen and oxygen atoms in total. The van der Waals surface area contributed by atoms with Crippen molar-refractivity contribution < 1.29 is 32.2 Å². The lowest BCUT2D eigenvalue weighted by atomic mass is 10.2. The summed E-state index contributed by atoms with van der Waals surface area (Å²) in [5, 5.41) is 8.58. The summed E-state index contributed by atoms with van der Waals surface area (Å²) in [6.45, 7) is -1.96. The van der Waals surface area contributed by atoms with E-state index >= 15 is 0 Å². The molecule has 1 aromatic heterocycles. The minimum Gasteiger partial charge on any atom is -0.478 e. The Kier molecular flexibility index (Phi) is 3.35. The summed E-state index contributed by atoms with van der Waals surface area (Å²) in [5.41, 5.74) is -0.197. The lowest BCUT2D eigenvalue weighted by Gasteiger charge is -2.06. The molecule has 1 rings (SSSR count). The fourth-order valence-corrected chi connectivity index (χ4v) is 0.902. The van der Waals surface area contributed by atoms with E-state index in [1.165, 1.54) is 0 Å². The molecule has 0 amide bonds. The minimum absolute atomic E-state index is 0.133. The van der Waals surface area contributed by atoms with Gasteiger partial charge < -0.3 is 14.3 Å². The number of hydrogen-bond donors (Lipinski definition) is 1. The average Bonchev–Trinajstić information content (AvgIpc) is 2.49. The Morgan fingerprint density at radius 2 is 2.20 bits per heavy atom. The van der Waals surface area contributed by atoms with Crippen molar-refractivity contribution in [2.45, 2.75) is 12.8 Å². The average molecular weight is 224 g/mol. The Balaban J connectivity index is 2.51. The van der Waals surface area contributed by atoms with Crippen LogP contribution in [0, 0.1) is 0 Å². The number of alkyl halides is 3. The number of furan rings is 1. The summed E-state index contributed by atoms with van der Waals surface area (Å²) in [5.74, 6) is -1.40. The zero-order chi connectivity index (χ0) is 11.5. The Morgan fingerprint density at radius 3 is 2.73 bits per heavy atom. The third kappa shape index (κ3) is 3.62. The van der Waals surface area contributed by atoms with Crippen molar-refractivity contribution in [2.24, 2.45) is 0 Å². The lowest BCUT2D eigenvalue weighted by molar-refractivity contribution is -0.177. The summed E-state index contributed by atoms with van der Waals surface area (Å²) in [7, 11) is 0. The van der Waals surface area contributed by atoms with E-state index in [1.54, 1.807) is 0 Å². The summed E-state index contributed by atoms with van der Waals surface area (Å²) >= 11 is 0. The third-order valence-corrected chi connectivity index (χ3v) is 1.47. The first-order chi connectivity index (χ1) is 6.90. The van der Waals surface area contributed by atoms with Crippen LogP contribution in [0.2, 0.25) is 0 Å². The van der Waals surface area contributed by atoms with Gasteiger partial charge >= 0.3 is 12.1 Å². The molecule has 1 heterocycles. The van der Waals surface area contributed by atoms with Crippen molar-refractivity contribution in [3.63, 3.8) is 0 Å². The molecule has 0 aliphatic heterocycles. The Labute approximate surface area is 82.3 Å². The molecule has 1 aromatic rings. The van der Waals surface area contributed by atoms with Gasteiger partial charge in [-0.1, -0.05) is 0 Å². The Morgan fingerprint density at radius 1 is 1.53 bits per heavy atom. The lowest BCUT2D eigenvalue weighted by Crippen LogP contribution is -2.17. The maximum Gasteiger partial charge on any atom is 0.411 e. The molecule has 1 N–H and O–H groups in total. The van der Waals surface area contributed by atoms with Gasteiger partial charge in [0.05, 0.1) is 6.26 Å². The van der Waals surface area contributed by atoms with Crippen LogP contribution in [-0.2, 0) is 11.3 Å². The molecule has 0 aromatic carbocycles. The number of ether oxygens (including phenoxy) is 1. The van der Waals surface area contributed by atoms with Crippen LogP contribution in [-0.4, -0.2) is 23.9 Å². The number of aromatic carboxylic acids is 1. The van der Waals surface area contributed by atoms with Gasteiger partial charge in [-0.15, -0.1) is 0 Å². The Hall–Kier alpha value is -1.50. The molecule has 0 spiro atoms. The van der Waals surface area contributed by atoms with Crippen molar-refractivity contribution in [1.29, 1.82) is 0 Å². The molecule has 0 saturated heterocycles. The molecular weight excluding hydrogens is 217 g/mol. The molecule has 7 heteroatoms. The standard InChI is InChI=1S/C8H7F3O4/c9-8(10,11)4-14-3-6-5(7(12)13)1-2-15-6/h1-2H,3-4H2,(H,12,13). The van der Waals surface area contributed by atoms with E-state index in [0.717, 1.165) is 12.3 Å². The van der Waals surface area contributed by atoms with E-state index in [-0.39, 0.29) is 11.3 Å². The van der Waals surface area contributed by atoms with Gasteiger partial charge in [0.2, 0.25) is 0 Å². The first kappa shape index (κ1) is 11.6. The van der Waals surface area contributed by atoms with E-state index < -0.39 is 25.4 Å². The van der Waals surface area contributed by atoms with Crippen LogP contribution in [0.3, 0.4) is 0 Å². The maximum atomic E-state index is 11.7. The van der Waals surface area contributed by atoms with E-state index in [1.807, 2.05) is 0 Å². The van der Waals surface area contributed by atoms with Crippen molar-refractivity contribution in [3.05, 3.63) is 23.7 Å². The summed E-state index contributed by atoms with van der Waals surface area (Å²) in [6.07, 6.45) is -3.36. The second-order valence-electron chi connectivity index (χ2n) is 2.67. The predicted octanol–water partition coefficient (Wildman–Crippen LogP) is 2.06. The van der Waals surface area contributed by atoms with E-state index in [4.69, 9.17) is 5.11 Å². The highest BCUT2D eigenvalue weighted by Crippen LogP contribution is 2.17. The second-order valence-corrected chi connectivity index (χ2v) is 2.67. The van der Waals surface area contributed by atoms with Crippen molar-refractivity contribution in [1.82, 2.24) is 0 Å². The zero-order valence-corrected chi connectivity index (χ0v) is 7.37. The third-order valence-electron chi connectivity index (χ3n) is 1.47. The van der Waals surface area contributed by atoms with Crippen LogP contribution in [0.5, 0.6) is 0 Å². The van der Waals surface area contributed by atoms with Crippen LogP contribution < -0.4 is 0 Å². The van der Waals surface area contributed by atoms with Gasteiger partial charge in [0, 0.05) is 0 Å². The smallest absolute Gasteiger partial charge is 0.411 e. The van der Waals surface area contributed by atoms with Gasteiger partial charge in [-0.2, -0.15) is 13.2 Å². The van der Waals surface area contributed by atoms with E-state index in [0.29, 0.717) is 0 Å². The molecule has 0 aliphatic carbocycles. The molecule has 0 bridgehead atoms. The quantitative estimate of drug-likeness (QED) is 0.850. The monoisotopic (exact) mass is 224 g/mol. The second kappa shape index (κ2) is 4.35. The highest BCUT2D eigenvalue weighted by Gasteiger charge is 2.28. The highest BCUT2D eigenvalue weighted by molar-refractivity contribution is 5.88. The van der Waals surface area contributed by atoms with E-state index in [2.05, 4.69) is 9.15 Å². The first-order valence-electron chi connectivity index (χ1n) is 3.84. The number of hydrogen-bond acceptors (Lipinski definition) is 3. The number of rotatable bonds is 4. The SMILES string of the molecule is O=C(O)c1ccoc1COCC(F)(F)F. The summed E-state index contributed by atoms with van der Waals surface area (Å²) < 4.78 is 43.9. The number of carboxylic acids is 1. The molecule has 15 heavy (non-hydrogen) atoms. The van der Waals surface area contributed by atoms with Gasteiger partial charge in [-0.3, -0.25) is 0 Å². The van der Waals surface area contributed by atoms with Crippen LogP contribution in [0.4, 0.5) is 13.2 Å². The van der Waals surface area contributed by atoms with Crippen molar-refractivity contribution in [2.75, 3.05) is 6.61 Å². The largest absolute Gasteiger partial charge is 0.478 e. The van der Waals surface area contributed by atoms with Gasteiger partial charge in [-0.05, 0) is 6.07 Å². The van der Waals surface area contributed by atoms with Crippen LogP contribution in [0.1, 0.15) is 16.1 Å². The highest BCUT2D eigenvalue weighted by atomic mass is 19.4. The predicted molar refractivity (Wildman–Crippen MR) is 41.4 cm³/mol. The van der Waals surface area contributed by atoms with Crippen molar-refractivity contribution >= 4 is 5.97 Å². The van der Waals surface area contributed by atoms with Gasteiger partial charge in [0.15, 0.2) is 0 Å². The van der Waals surface area contributed by atoms with E-state index in [9.17, 15) is 18.0 Å². The van der Waals surface area contributed by atoms with Crippen LogP contribution in [0.25, 0.3) is 0 Å². The molecule has 0 saturated carbocycles. The normalized spacial score (nSPS) is 11.7. The maximum absolute atomic E-state index is 11.7. The fourth-order valence-electron chi connectivity index (χ4n) is 0.902. The summed E-state index contributed by atoms with van der Waals surface area (Å²) in [6, 6.07) is 1.15. The molecule has 0 unspecified atom stereocenters. The topological polar surface area (TPSA) is 59.7 Å². The zero-order valence-electron chi connectivity index (χ0n) is 7.37. The molecule has 0 atom stereocenters. The number of carboxylic acid groups (broad SMARTS) is 1. The van der Waals surface area contributed by atoms with Crippen LogP contribution >= 0.6 is 0 Å². The Bertz CT molecular complexity index is 342. The molecule has 0 aliphatic rings. The van der Waals surface area contributed by atoms with Crippen molar-refractivity contribution in [3.8, 4) is 0 Å². The fraction of sp³-hybridized carbons (Fsp3) is 0.375. The molecule has 0 radical (unpaired) electrons. The minimum atomic E-state index is -4.43. The molecule has 0 fully saturated rings. The molecular formula is C8H7F3O4. The van der Waals surface area contributed by atoms with Gasteiger partial charge in [0.1, 0.15) is 24.5 Å².